The second-order valence-corrected chi connectivity index (χ2v) is 6.13. The maximum atomic E-state index is 11.5. The molecule has 0 fully saturated rings. The van der Waals surface area contributed by atoms with Gasteiger partial charge in [0.25, 0.3) is 0 Å². The fraction of sp³-hybridized carbons (Fsp3) is 0.450. The highest BCUT2D eigenvalue weighted by molar-refractivity contribution is 5.97. The summed E-state index contributed by atoms with van der Waals surface area (Å²) in [6.45, 7) is 0. The minimum atomic E-state index is -0.896. The summed E-state index contributed by atoms with van der Waals surface area (Å²) in [5, 5.41) is 18.6. The maximum Gasteiger partial charge on any atom is 0.303 e. The monoisotopic (exact) mass is 344 g/mol. The predicted octanol–water partition coefficient (Wildman–Crippen LogP) is 3.57. The molecule has 2 aliphatic carbocycles. The van der Waals surface area contributed by atoms with Crippen molar-refractivity contribution in [1.82, 2.24) is 0 Å². The SMILES string of the molecule is O=C(O)CCC=C=C1C=CC=C(OC(O)CCCC2=CCCC2=O)C1. The van der Waals surface area contributed by atoms with Crippen LogP contribution < -0.4 is 0 Å². The number of carboxylic acid groups (broad SMARTS) is 1. The van der Waals surface area contributed by atoms with Gasteiger partial charge < -0.3 is 14.9 Å². The molecule has 134 valence electrons. The van der Waals surface area contributed by atoms with Gasteiger partial charge in [0.1, 0.15) is 5.76 Å². The van der Waals surface area contributed by atoms with Crippen LogP contribution in [0.3, 0.4) is 0 Å². The highest BCUT2D eigenvalue weighted by Gasteiger charge is 2.16. The normalized spacial score (nSPS) is 17.6. The number of aliphatic hydroxyl groups excluding tert-OH is 1. The molecule has 25 heavy (non-hydrogen) atoms. The van der Waals surface area contributed by atoms with Crippen LogP contribution in [0.15, 0.2) is 53.0 Å². The number of allylic oxidation sites excluding steroid dienone is 6. The van der Waals surface area contributed by atoms with Gasteiger partial charge in [-0.25, -0.2) is 0 Å². The van der Waals surface area contributed by atoms with Crippen molar-refractivity contribution in [2.75, 3.05) is 0 Å². The van der Waals surface area contributed by atoms with Gasteiger partial charge in [-0.2, -0.15) is 0 Å². The average molecular weight is 344 g/mol. The van der Waals surface area contributed by atoms with Crippen molar-refractivity contribution in [3.8, 4) is 0 Å². The molecule has 5 heteroatoms. The van der Waals surface area contributed by atoms with Crippen LogP contribution in [0, 0.1) is 0 Å². The Hall–Kier alpha value is -2.36. The molecule has 1 unspecified atom stereocenters. The average Bonchev–Trinajstić information content (AvgIpc) is 2.97. The van der Waals surface area contributed by atoms with E-state index in [1.165, 1.54) is 0 Å². The van der Waals surface area contributed by atoms with Gasteiger partial charge in [-0.15, -0.1) is 5.73 Å². The maximum absolute atomic E-state index is 11.5. The zero-order chi connectivity index (χ0) is 18.1. The Balaban J connectivity index is 1.73. The highest BCUT2D eigenvalue weighted by Crippen LogP contribution is 2.22. The zero-order valence-corrected chi connectivity index (χ0v) is 14.2. The number of carbonyl (C=O) groups excluding carboxylic acids is 1. The fourth-order valence-electron chi connectivity index (χ4n) is 2.75. The van der Waals surface area contributed by atoms with Crippen LogP contribution in [0.4, 0.5) is 0 Å². The molecule has 0 aromatic heterocycles. The molecule has 0 radical (unpaired) electrons. The van der Waals surface area contributed by atoms with Crippen molar-refractivity contribution in [2.45, 2.75) is 57.7 Å². The van der Waals surface area contributed by atoms with Crippen LogP contribution in [-0.2, 0) is 14.3 Å². The molecular formula is C20H24O5. The van der Waals surface area contributed by atoms with E-state index in [1.807, 2.05) is 18.2 Å². The second kappa shape index (κ2) is 9.82. The first-order chi connectivity index (χ1) is 12.0. The third kappa shape index (κ3) is 6.96. The van der Waals surface area contributed by atoms with E-state index >= 15 is 0 Å². The molecule has 0 saturated carbocycles. The molecule has 0 bridgehead atoms. The number of carbonyl (C=O) groups is 2. The molecule has 2 N–H and O–H groups in total. The summed E-state index contributed by atoms with van der Waals surface area (Å²) < 4.78 is 5.55. The van der Waals surface area contributed by atoms with Gasteiger partial charge in [-0.1, -0.05) is 18.2 Å². The summed E-state index contributed by atoms with van der Waals surface area (Å²) in [4.78, 5) is 22.0. The van der Waals surface area contributed by atoms with Crippen molar-refractivity contribution < 1.29 is 24.5 Å². The largest absolute Gasteiger partial charge is 0.481 e. The first kappa shape index (κ1) is 19.0. The van der Waals surface area contributed by atoms with Crippen LogP contribution in [0.2, 0.25) is 0 Å². The van der Waals surface area contributed by atoms with Gasteiger partial charge in [0.2, 0.25) is 0 Å². The quantitative estimate of drug-likeness (QED) is 0.493. The third-order valence-corrected chi connectivity index (χ3v) is 4.04. The molecule has 0 saturated heterocycles. The minimum absolute atomic E-state index is 0.0842. The number of aliphatic carboxylic acids is 1. The van der Waals surface area contributed by atoms with Gasteiger partial charge in [0.15, 0.2) is 12.1 Å². The lowest BCUT2D eigenvalue weighted by molar-refractivity contribution is -0.136. The molecule has 5 nitrogen and oxygen atoms in total. The lowest BCUT2D eigenvalue weighted by Crippen LogP contribution is -2.12. The van der Waals surface area contributed by atoms with Gasteiger partial charge >= 0.3 is 5.97 Å². The van der Waals surface area contributed by atoms with E-state index in [2.05, 4.69) is 5.73 Å². The van der Waals surface area contributed by atoms with Gasteiger partial charge in [0.05, 0.1) is 0 Å². The number of Topliss-reactive ketones (excluding diaryl/α,β-unsaturated/α-hetero) is 1. The molecule has 1 atom stereocenters. The number of carboxylic acids is 1. The molecule has 0 spiro atoms. The van der Waals surface area contributed by atoms with E-state index in [1.54, 1.807) is 12.2 Å². The van der Waals surface area contributed by atoms with Gasteiger partial charge in [-0.05, 0) is 43.4 Å². The summed E-state index contributed by atoms with van der Waals surface area (Å²) in [5.41, 5.74) is 4.82. The van der Waals surface area contributed by atoms with Gasteiger partial charge in [0, 0.05) is 31.3 Å². The number of hydrogen-bond donors (Lipinski definition) is 2. The molecule has 2 rings (SSSR count). The molecule has 0 heterocycles. The summed E-state index contributed by atoms with van der Waals surface area (Å²) >= 11 is 0. The third-order valence-electron chi connectivity index (χ3n) is 4.04. The molecule has 0 aromatic carbocycles. The standard InChI is InChI=1S/C20H24O5/c21-18-11-4-8-16(18)9-5-13-20(24)25-17-10-3-7-15(14-17)6-1-2-12-19(22)23/h1,3,7-8,10,20,24H,2,4-5,9,11-14H2,(H,22,23). The molecular weight excluding hydrogens is 320 g/mol. The lowest BCUT2D eigenvalue weighted by Gasteiger charge is -2.17. The predicted molar refractivity (Wildman–Crippen MR) is 93.6 cm³/mol. The molecule has 0 aromatic rings. The topological polar surface area (TPSA) is 83.8 Å². The van der Waals surface area contributed by atoms with Crippen molar-refractivity contribution in [3.63, 3.8) is 0 Å². The van der Waals surface area contributed by atoms with Crippen LogP contribution in [0.25, 0.3) is 0 Å². The number of ketones is 1. The zero-order valence-electron chi connectivity index (χ0n) is 14.2. The van der Waals surface area contributed by atoms with Crippen molar-refractivity contribution >= 4 is 11.8 Å². The van der Waals surface area contributed by atoms with Crippen molar-refractivity contribution in [3.05, 3.63) is 53.0 Å². The van der Waals surface area contributed by atoms with Crippen LogP contribution in [0.5, 0.6) is 0 Å². The van der Waals surface area contributed by atoms with E-state index in [0.29, 0.717) is 44.3 Å². The van der Waals surface area contributed by atoms with E-state index < -0.39 is 12.3 Å². The van der Waals surface area contributed by atoms with Crippen LogP contribution in [-0.4, -0.2) is 28.3 Å². The van der Waals surface area contributed by atoms with Gasteiger partial charge in [-0.3, -0.25) is 9.59 Å². The number of aliphatic hydroxyl groups is 1. The summed E-state index contributed by atoms with van der Waals surface area (Å²) in [6.07, 6.45) is 12.7. The Morgan fingerprint density at radius 1 is 1.44 bits per heavy atom. The summed E-state index contributed by atoms with van der Waals surface area (Å²) in [7, 11) is 0. The van der Waals surface area contributed by atoms with E-state index in [0.717, 1.165) is 17.6 Å². The fourth-order valence-corrected chi connectivity index (χ4v) is 2.75. The minimum Gasteiger partial charge on any atom is -0.481 e. The lowest BCUT2D eigenvalue weighted by atomic mass is 10.1. The highest BCUT2D eigenvalue weighted by atomic mass is 16.6. The molecule has 0 amide bonds. The van der Waals surface area contributed by atoms with E-state index in [9.17, 15) is 14.7 Å². The van der Waals surface area contributed by atoms with E-state index in [4.69, 9.17) is 9.84 Å². The molecule has 0 aliphatic heterocycles. The Morgan fingerprint density at radius 2 is 2.28 bits per heavy atom. The van der Waals surface area contributed by atoms with Crippen LogP contribution in [0.1, 0.15) is 51.4 Å². The number of ether oxygens (including phenoxy) is 1. The smallest absolute Gasteiger partial charge is 0.303 e. The Morgan fingerprint density at radius 3 is 3.00 bits per heavy atom. The second-order valence-electron chi connectivity index (χ2n) is 6.13. The van der Waals surface area contributed by atoms with Crippen molar-refractivity contribution in [2.24, 2.45) is 0 Å². The summed E-state index contributed by atoms with van der Waals surface area (Å²) in [5.74, 6) is 0.0460. The first-order valence-corrected chi connectivity index (χ1v) is 8.64. The number of hydrogen-bond acceptors (Lipinski definition) is 4. The first-order valence-electron chi connectivity index (χ1n) is 8.64. The number of rotatable bonds is 9. The van der Waals surface area contributed by atoms with Crippen molar-refractivity contribution in [1.29, 1.82) is 0 Å². The summed E-state index contributed by atoms with van der Waals surface area (Å²) in [6, 6.07) is 0. The Kier molecular flexibility index (Phi) is 7.45. The Bertz CT molecular complexity index is 660. The Labute approximate surface area is 147 Å². The van der Waals surface area contributed by atoms with Crippen LogP contribution >= 0.6 is 0 Å². The molecule has 2 aliphatic rings. The van der Waals surface area contributed by atoms with E-state index in [-0.39, 0.29) is 12.2 Å².